The van der Waals surface area contributed by atoms with Crippen molar-refractivity contribution in [2.75, 3.05) is 20.2 Å². The molecule has 25 heavy (non-hydrogen) atoms. The molecule has 6 heteroatoms. The van der Waals surface area contributed by atoms with Crippen LogP contribution in [0.1, 0.15) is 25.6 Å². The molecule has 1 aromatic heterocycles. The van der Waals surface area contributed by atoms with E-state index in [0.29, 0.717) is 12.6 Å². The number of ether oxygens (including phenoxy) is 1. The Morgan fingerprint density at radius 3 is 2.84 bits per heavy atom. The Labute approximate surface area is 148 Å². The number of amides is 1. The van der Waals surface area contributed by atoms with Crippen molar-refractivity contribution < 1.29 is 9.53 Å². The Morgan fingerprint density at radius 1 is 1.28 bits per heavy atom. The van der Waals surface area contributed by atoms with Gasteiger partial charge in [0.15, 0.2) is 0 Å². The number of fused-ring (bicyclic) bond motifs is 1. The van der Waals surface area contributed by atoms with Gasteiger partial charge in [-0.05, 0) is 44.0 Å². The number of carbonyl (C=O) groups is 1. The van der Waals surface area contributed by atoms with Gasteiger partial charge in [0, 0.05) is 37.2 Å². The largest absolute Gasteiger partial charge is 0.497 e. The molecule has 0 bridgehead atoms. The predicted molar refractivity (Wildman–Crippen MR) is 94.7 cm³/mol. The average Bonchev–Trinajstić information content (AvgIpc) is 3.29. The van der Waals surface area contributed by atoms with E-state index in [1.54, 1.807) is 7.11 Å². The number of hydrogen-bond donors (Lipinski definition) is 0. The molecule has 1 amide bonds. The average molecular weight is 340 g/mol. The van der Waals surface area contributed by atoms with Crippen molar-refractivity contribution in [3.05, 3.63) is 42.5 Å². The quantitative estimate of drug-likeness (QED) is 0.855. The zero-order chi connectivity index (χ0) is 17.4. The van der Waals surface area contributed by atoms with E-state index in [0.717, 1.165) is 43.2 Å². The van der Waals surface area contributed by atoms with E-state index >= 15 is 0 Å². The number of benzene rings is 1. The van der Waals surface area contributed by atoms with Gasteiger partial charge in [-0.1, -0.05) is 0 Å². The van der Waals surface area contributed by atoms with E-state index in [-0.39, 0.29) is 11.9 Å². The van der Waals surface area contributed by atoms with Gasteiger partial charge >= 0.3 is 0 Å². The smallest absolute Gasteiger partial charge is 0.239 e. The Hall–Kier alpha value is -2.34. The van der Waals surface area contributed by atoms with Gasteiger partial charge in [-0.15, -0.1) is 0 Å². The van der Waals surface area contributed by atoms with Crippen LogP contribution in [0, 0.1) is 0 Å². The first-order valence-electron chi connectivity index (χ1n) is 8.88. The van der Waals surface area contributed by atoms with Crippen molar-refractivity contribution in [2.45, 2.75) is 38.4 Å². The van der Waals surface area contributed by atoms with Gasteiger partial charge in [-0.2, -0.15) is 0 Å². The molecular formula is C19H24N4O2. The molecule has 4 rings (SSSR count). The van der Waals surface area contributed by atoms with E-state index in [2.05, 4.69) is 19.4 Å². The number of aromatic nitrogens is 2. The van der Waals surface area contributed by atoms with Crippen molar-refractivity contribution in [1.82, 2.24) is 19.4 Å². The third-order valence-electron chi connectivity index (χ3n) is 5.42. The summed E-state index contributed by atoms with van der Waals surface area (Å²) in [5.74, 6) is 2.05. The van der Waals surface area contributed by atoms with Gasteiger partial charge in [0.1, 0.15) is 11.6 Å². The molecule has 0 spiro atoms. The van der Waals surface area contributed by atoms with Gasteiger partial charge in [0.2, 0.25) is 5.91 Å². The minimum absolute atomic E-state index is 0.0876. The van der Waals surface area contributed by atoms with Crippen molar-refractivity contribution in [3.63, 3.8) is 0 Å². The number of carbonyl (C=O) groups excluding carboxylic acids is 1. The molecule has 2 atom stereocenters. The van der Waals surface area contributed by atoms with Crippen molar-refractivity contribution in [1.29, 1.82) is 0 Å². The lowest BCUT2D eigenvalue weighted by molar-refractivity contribution is -0.143. The summed E-state index contributed by atoms with van der Waals surface area (Å²) in [7, 11) is 1.67. The summed E-state index contributed by atoms with van der Waals surface area (Å²) < 4.78 is 7.31. The molecule has 3 heterocycles. The zero-order valence-corrected chi connectivity index (χ0v) is 14.8. The Morgan fingerprint density at radius 2 is 2.08 bits per heavy atom. The number of methoxy groups -OCH3 is 1. The lowest BCUT2D eigenvalue weighted by Gasteiger charge is -2.41. The molecule has 0 N–H and O–H groups in total. The third-order valence-corrected chi connectivity index (χ3v) is 5.42. The van der Waals surface area contributed by atoms with Crippen LogP contribution in [0.15, 0.2) is 36.7 Å². The van der Waals surface area contributed by atoms with Crippen molar-refractivity contribution >= 4 is 5.91 Å². The Bertz CT molecular complexity index is 755. The molecule has 6 nitrogen and oxygen atoms in total. The lowest BCUT2D eigenvalue weighted by atomic mass is 10.1. The molecule has 0 aliphatic carbocycles. The third kappa shape index (κ3) is 2.91. The minimum Gasteiger partial charge on any atom is -0.497 e. The van der Waals surface area contributed by atoms with E-state index < -0.39 is 0 Å². The Kier molecular flexibility index (Phi) is 4.21. The van der Waals surface area contributed by atoms with Crippen molar-refractivity contribution in [2.24, 2.45) is 0 Å². The molecule has 2 fully saturated rings. The molecule has 2 aliphatic heterocycles. The molecular weight excluding hydrogens is 316 g/mol. The highest BCUT2D eigenvalue weighted by atomic mass is 16.5. The van der Waals surface area contributed by atoms with Crippen LogP contribution < -0.4 is 4.74 Å². The fourth-order valence-corrected chi connectivity index (χ4v) is 3.95. The first kappa shape index (κ1) is 16.1. The van der Waals surface area contributed by atoms with Crippen LogP contribution in [-0.2, 0) is 11.3 Å². The number of imidazole rings is 1. The fraction of sp³-hybridized carbons (Fsp3) is 0.474. The topological polar surface area (TPSA) is 50.6 Å². The number of rotatable bonds is 4. The van der Waals surface area contributed by atoms with Gasteiger partial charge in [0.25, 0.3) is 0 Å². The summed E-state index contributed by atoms with van der Waals surface area (Å²) in [6.07, 6.45) is 6.02. The van der Waals surface area contributed by atoms with E-state index in [1.807, 2.05) is 43.6 Å². The highest BCUT2D eigenvalue weighted by Gasteiger charge is 2.40. The van der Waals surface area contributed by atoms with Crippen LogP contribution in [0.2, 0.25) is 0 Å². The molecule has 2 saturated heterocycles. The highest BCUT2D eigenvalue weighted by molar-refractivity contribution is 5.83. The highest BCUT2D eigenvalue weighted by Crippen LogP contribution is 2.27. The van der Waals surface area contributed by atoms with Crippen LogP contribution in [0.4, 0.5) is 0 Å². The molecule has 0 saturated carbocycles. The van der Waals surface area contributed by atoms with Crippen LogP contribution in [0.25, 0.3) is 5.69 Å². The van der Waals surface area contributed by atoms with Crippen LogP contribution in [0.3, 0.4) is 0 Å². The summed E-state index contributed by atoms with van der Waals surface area (Å²) in [6, 6.07) is 8.22. The van der Waals surface area contributed by atoms with Crippen LogP contribution >= 0.6 is 0 Å². The first-order valence-corrected chi connectivity index (χ1v) is 8.88. The standard InChI is InChI=1S/C19H24N4O2/c1-14-19(24)23-10-3-4-16(23)12-21(14)13-18-20-9-11-22(18)15-5-7-17(25-2)8-6-15/h5-9,11,14,16H,3-4,10,12-13H2,1-2H3/t14-,16+/m0/s1. The Balaban J connectivity index is 1.55. The van der Waals surface area contributed by atoms with E-state index in [9.17, 15) is 4.79 Å². The SMILES string of the molecule is COc1ccc(-n2ccnc2CN2C[C@H]3CCCN3C(=O)[C@@H]2C)cc1. The van der Waals surface area contributed by atoms with Gasteiger partial charge < -0.3 is 14.2 Å². The second-order valence-corrected chi connectivity index (χ2v) is 6.84. The molecule has 132 valence electrons. The number of hydrogen-bond acceptors (Lipinski definition) is 4. The van der Waals surface area contributed by atoms with E-state index in [1.165, 1.54) is 0 Å². The lowest BCUT2D eigenvalue weighted by Crippen LogP contribution is -2.58. The van der Waals surface area contributed by atoms with Gasteiger partial charge in [-0.3, -0.25) is 9.69 Å². The summed E-state index contributed by atoms with van der Waals surface area (Å²) in [6.45, 7) is 4.54. The van der Waals surface area contributed by atoms with Crippen LogP contribution in [0.5, 0.6) is 5.75 Å². The minimum atomic E-state index is -0.0876. The monoisotopic (exact) mass is 340 g/mol. The zero-order valence-electron chi connectivity index (χ0n) is 14.8. The maximum Gasteiger partial charge on any atom is 0.239 e. The molecule has 2 aromatic rings. The fourth-order valence-electron chi connectivity index (χ4n) is 3.95. The summed E-state index contributed by atoms with van der Waals surface area (Å²) >= 11 is 0. The second-order valence-electron chi connectivity index (χ2n) is 6.84. The number of piperazine rings is 1. The second kappa shape index (κ2) is 6.52. The maximum absolute atomic E-state index is 12.6. The van der Waals surface area contributed by atoms with Crippen LogP contribution in [-0.4, -0.2) is 57.5 Å². The molecule has 0 radical (unpaired) electrons. The summed E-state index contributed by atoms with van der Waals surface area (Å²) in [5.41, 5.74) is 1.05. The molecule has 2 aliphatic rings. The summed E-state index contributed by atoms with van der Waals surface area (Å²) in [4.78, 5) is 21.5. The maximum atomic E-state index is 12.6. The van der Waals surface area contributed by atoms with Gasteiger partial charge in [0.05, 0.1) is 19.7 Å². The van der Waals surface area contributed by atoms with E-state index in [4.69, 9.17) is 4.74 Å². The molecule has 0 unspecified atom stereocenters. The normalized spacial score (nSPS) is 23.8. The number of nitrogens with zero attached hydrogens (tertiary/aromatic N) is 4. The molecule has 1 aromatic carbocycles. The van der Waals surface area contributed by atoms with Crippen molar-refractivity contribution in [3.8, 4) is 11.4 Å². The first-order chi connectivity index (χ1) is 12.2. The predicted octanol–water partition coefficient (Wildman–Crippen LogP) is 2.08. The summed E-state index contributed by atoms with van der Waals surface area (Å²) in [5, 5.41) is 0. The van der Waals surface area contributed by atoms with Gasteiger partial charge in [-0.25, -0.2) is 4.98 Å².